The van der Waals surface area contributed by atoms with Crippen molar-refractivity contribution in [3.63, 3.8) is 0 Å². The number of carbonyl (C=O) groups is 2. The molecule has 0 aliphatic rings. The third-order valence-electron chi connectivity index (χ3n) is 6.67. The van der Waals surface area contributed by atoms with Gasteiger partial charge in [-0.05, 0) is 102 Å². The fourth-order valence-electron chi connectivity index (χ4n) is 3.81. The summed E-state index contributed by atoms with van der Waals surface area (Å²) in [6, 6.07) is 4.50. The fraction of sp³-hybridized carbons (Fsp3) is 0.692. The monoisotopic (exact) mass is 418 g/mol. The second-order valence-electron chi connectivity index (χ2n) is 10.1. The van der Waals surface area contributed by atoms with E-state index in [1.54, 1.807) is 27.7 Å². The SMILES string of the molecule is Cc1c(CCCCCCC(C)(C)C(=O)O)ccc(CCCCC(C)(C)C(=O)O)c1C. The molecule has 0 saturated heterocycles. The molecule has 1 aromatic rings. The van der Waals surface area contributed by atoms with Gasteiger partial charge < -0.3 is 10.2 Å². The van der Waals surface area contributed by atoms with E-state index in [4.69, 9.17) is 0 Å². The third-order valence-corrected chi connectivity index (χ3v) is 6.67. The van der Waals surface area contributed by atoms with Gasteiger partial charge in [-0.2, -0.15) is 0 Å². The molecule has 0 fully saturated rings. The van der Waals surface area contributed by atoms with Crippen LogP contribution in [0, 0.1) is 24.7 Å². The lowest BCUT2D eigenvalue weighted by Gasteiger charge is -2.19. The van der Waals surface area contributed by atoms with Crippen LogP contribution in [0.1, 0.15) is 101 Å². The molecule has 170 valence electrons. The first kappa shape index (κ1) is 26.2. The lowest BCUT2D eigenvalue weighted by atomic mass is 9.86. The highest BCUT2D eigenvalue weighted by Gasteiger charge is 2.26. The van der Waals surface area contributed by atoms with Gasteiger partial charge in [-0.3, -0.25) is 9.59 Å². The van der Waals surface area contributed by atoms with Crippen molar-refractivity contribution < 1.29 is 19.8 Å². The average molecular weight is 419 g/mol. The van der Waals surface area contributed by atoms with Crippen LogP contribution in [0.4, 0.5) is 0 Å². The second kappa shape index (κ2) is 11.5. The van der Waals surface area contributed by atoms with E-state index in [0.29, 0.717) is 6.42 Å². The van der Waals surface area contributed by atoms with E-state index >= 15 is 0 Å². The van der Waals surface area contributed by atoms with Crippen molar-refractivity contribution in [1.82, 2.24) is 0 Å². The van der Waals surface area contributed by atoms with E-state index in [9.17, 15) is 19.8 Å². The highest BCUT2D eigenvalue weighted by Crippen LogP contribution is 2.27. The molecule has 1 aromatic carbocycles. The standard InChI is InChI=1S/C26H42O4/c1-19-20(2)22(14-10-12-18-26(5,6)24(29)30)16-15-21(19)13-9-7-8-11-17-25(3,4)23(27)28/h15-16H,7-14,17-18H2,1-6H3,(H,27,28)(H,29,30). The summed E-state index contributed by atoms with van der Waals surface area (Å²) in [5, 5.41) is 18.4. The van der Waals surface area contributed by atoms with Crippen molar-refractivity contribution in [2.45, 2.75) is 106 Å². The summed E-state index contributed by atoms with van der Waals surface area (Å²) in [6.45, 7) is 11.6. The molecular formula is C26H42O4. The van der Waals surface area contributed by atoms with Crippen LogP contribution >= 0.6 is 0 Å². The van der Waals surface area contributed by atoms with Gasteiger partial charge >= 0.3 is 11.9 Å². The molecule has 0 amide bonds. The molecule has 0 saturated carbocycles. The average Bonchev–Trinajstić information content (AvgIpc) is 2.65. The Morgan fingerprint density at radius 1 is 0.667 bits per heavy atom. The molecule has 1 rings (SSSR count). The van der Waals surface area contributed by atoms with Crippen LogP contribution in [0.5, 0.6) is 0 Å². The van der Waals surface area contributed by atoms with E-state index in [-0.39, 0.29) is 0 Å². The number of rotatable bonds is 14. The lowest BCUT2D eigenvalue weighted by Crippen LogP contribution is -2.23. The summed E-state index contributed by atoms with van der Waals surface area (Å²) in [5.74, 6) is -1.43. The summed E-state index contributed by atoms with van der Waals surface area (Å²) < 4.78 is 0. The number of benzene rings is 1. The van der Waals surface area contributed by atoms with Gasteiger partial charge in [-0.1, -0.05) is 37.8 Å². The molecule has 0 radical (unpaired) electrons. The molecule has 0 spiro atoms. The van der Waals surface area contributed by atoms with Crippen LogP contribution < -0.4 is 0 Å². The molecule has 0 heterocycles. The fourth-order valence-corrected chi connectivity index (χ4v) is 3.81. The van der Waals surface area contributed by atoms with E-state index in [1.165, 1.54) is 22.3 Å². The Hall–Kier alpha value is -1.84. The molecule has 4 nitrogen and oxygen atoms in total. The van der Waals surface area contributed by atoms with Crippen molar-refractivity contribution in [1.29, 1.82) is 0 Å². The predicted molar refractivity (Wildman–Crippen MR) is 123 cm³/mol. The molecule has 0 aliphatic carbocycles. The normalized spacial score (nSPS) is 12.2. The van der Waals surface area contributed by atoms with Gasteiger partial charge in [-0.25, -0.2) is 0 Å². The Labute approximate surface area is 183 Å². The number of carboxylic acid groups (broad SMARTS) is 2. The van der Waals surface area contributed by atoms with Crippen LogP contribution in [-0.4, -0.2) is 22.2 Å². The molecule has 0 bridgehead atoms. The van der Waals surface area contributed by atoms with Gasteiger partial charge in [-0.15, -0.1) is 0 Å². The Morgan fingerprint density at radius 2 is 1.00 bits per heavy atom. The van der Waals surface area contributed by atoms with Crippen molar-refractivity contribution in [3.8, 4) is 0 Å². The van der Waals surface area contributed by atoms with Gasteiger partial charge in [0.15, 0.2) is 0 Å². The molecule has 2 N–H and O–H groups in total. The summed E-state index contributed by atoms with van der Waals surface area (Å²) >= 11 is 0. The summed E-state index contributed by atoms with van der Waals surface area (Å²) in [4.78, 5) is 22.4. The molecule has 0 unspecified atom stereocenters. The van der Waals surface area contributed by atoms with Crippen LogP contribution in [0.2, 0.25) is 0 Å². The van der Waals surface area contributed by atoms with Gasteiger partial charge in [0, 0.05) is 0 Å². The quantitative estimate of drug-likeness (QED) is 0.328. The molecule has 0 aromatic heterocycles. The van der Waals surface area contributed by atoms with Gasteiger partial charge in [0.1, 0.15) is 0 Å². The van der Waals surface area contributed by atoms with Crippen molar-refractivity contribution in [3.05, 3.63) is 34.4 Å². The second-order valence-corrected chi connectivity index (χ2v) is 10.1. The number of aliphatic carboxylic acids is 2. The van der Waals surface area contributed by atoms with E-state index < -0.39 is 22.8 Å². The number of hydrogen-bond acceptors (Lipinski definition) is 2. The highest BCUT2D eigenvalue weighted by molar-refractivity contribution is 5.73. The number of aryl methyl sites for hydroxylation is 2. The Balaban J connectivity index is 2.42. The molecule has 30 heavy (non-hydrogen) atoms. The Morgan fingerprint density at radius 3 is 1.40 bits per heavy atom. The summed E-state index contributed by atoms with van der Waals surface area (Å²) in [7, 11) is 0. The van der Waals surface area contributed by atoms with E-state index in [1.807, 2.05) is 0 Å². The molecule has 0 atom stereocenters. The number of carboxylic acids is 2. The molecule has 0 aliphatic heterocycles. The van der Waals surface area contributed by atoms with Crippen LogP contribution in [0.15, 0.2) is 12.1 Å². The topological polar surface area (TPSA) is 74.6 Å². The number of unbranched alkanes of at least 4 members (excludes halogenated alkanes) is 4. The first-order chi connectivity index (χ1) is 13.9. The first-order valence-corrected chi connectivity index (χ1v) is 11.4. The summed E-state index contributed by atoms with van der Waals surface area (Å²) in [6.07, 6.45) is 9.79. The van der Waals surface area contributed by atoms with E-state index in [2.05, 4.69) is 26.0 Å². The minimum absolute atomic E-state index is 0.618. The van der Waals surface area contributed by atoms with Gasteiger partial charge in [0.2, 0.25) is 0 Å². The van der Waals surface area contributed by atoms with E-state index in [0.717, 1.165) is 57.8 Å². The zero-order chi connectivity index (χ0) is 22.9. The van der Waals surface area contributed by atoms with Gasteiger partial charge in [0.05, 0.1) is 10.8 Å². The Bertz CT molecular complexity index is 716. The van der Waals surface area contributed by atoms with Gasteiger partial charge in [0.25, 0.3) is 0 Å². The molecule has 4 heteroatoms. The summed E-state index contributed by atoms with van der Waals surface area (Å²) in [5.41, 5.74) is 4.28. The largest absolute Gasteiger partial charge is 0.481 e. The first-order valence-electron chi connectivity index (χ1n) is 11.4. The van der Waals surface area contributed by atoms with Crippen molar-refractivity contribution >= 4 is 11.9 Å². The van der Waals surface area contributed by atoms with Crippen LogP contribution in [0.3, 0.4) is 0 Å². The maximum atomic E-state index is 11.2. The van der Waals surface area contributed by atoms with Crippen molar-refractivity contribution in [2.24, 2.45) is 10.8 Å². The third kappa shape index (κ3) is 8.12. The number of hydrogen-bond donors (Lipinski definition) is 2. The lowest BCUT2D eigenvalue weighted by molar-refractivity contribution is -0.148. The van der Waals surface area contributed by atoms with Crippen molar-refractivity contribution in [2.75, 3.05) is 0 Å². The smallest absolute Gasteiger partial charge is 0.309 e. The highest BCUT2D eigenvalue weighted by atomic mass is 16.4. The molecular weight excluding hydrogens is 376 g/mol. The zero-order valence-electron chi connectivity index (χ0n) is 19.9. The Kier molecular flexibility index (Phi) is 10.1. The maximum Gasteiger partial charge on any atom is 0.309 e. The predicted octanol–water partition coefficient (Wildman–Crippen LogP) is 6.73. The minimum Gasteiger partial charge on any atom is -0.481 e. The van der Waals surface area contributed by atoms with Crippen LogP contribution in [-0.2, 0) is 22.4 Å². The zero-order valence-corrected chi connectivity index (χ0v) is 19.9. The van der Waals surface area contributed by atoms with Crippen LogP contribution in [0.25, 0.3) is 0 Å². The maximum absolute atomic E-state index is 11.2. The minimum atomic E-state index is -0.718.